The molecule has 3 unspecified atom stereocenters. The average molecular weight is 294 g/mol. The Morgan fingerprint density at radius 1 is 0.706 bits per heavy atom. The topological polar surface area (TPSA) is 0 Å². The van der Waals surface area contributed by atoms with E-state index < -0.39 is 0 Å². The van der Waals surface area contributed by atoms with Crippen molar-refractivity contribution in [2.45, 2.75) is 65.5 Å². The summed E-state index contributed by atoms with van der Waals surface area (Å²) in [7, 11) is 9.25. The summed E-state index contributed by atoms with van der Waals surface area (Å²) in [6.07, 6.45) is 7.45. The summed E-state index contributed by atoms with van der Waals surface area (Å²) in [6.45, 7) is 11.9. The summed E-state index contributed by atoms with van der Waals surface area (Å²) < 4.78 is 0. The first-order valence-electron chi connectivity index (χ1n) is 7.05. The first-order valence-corrected chi connectivity index (χ1v) is 9.27. The van der Waals surface area contributed by atoms with Crippen molar-refractivity contribution < 1.29 is 0 Å². The molecular formula is C14H33P3. The van der Waals surface area contributed by atoms with Crippen LogP contribution < -0.4 is 0 Å². The van der Waals surface area contributed by atoms with E-state index in [1.165, 1.54) is 38.0 Å². The van der Waals surface area contributed by atoms with Crippen LogP contribution in [0.5, 0.6) is 0 Å². The van der Waals surface area contributed by atoms with Gasteiger partial charge in [-0.15, -0.1) is 27.7 Å². The first-order chi connectivity index (χ1) is 7.86. The van der Waals surface area contributed by atoms with Gasteiger partial charge < -0.3 is 0 Å². The van der Waals surface area contributed by atoms with Gasteiger partial charge in [-0.3, -0.25) is 0 Å². The molecule has 0 aliphatic rings. The minimum atomic E-state index is 0.302. The Labute approximate surface area is 116 Å². The maximum absolute atomic E-state index is 3.25. The molecular weight excluding hydrogens is 261 g/mol. The molecule has 17 heavy (non-hydrogen) atoms. The standard InChI is InChI=1S/C14H33P3/c1-6-13(7-2,10-15)12(5,17)14(8-3,9-4)11-16/h6-11,15-17H2,1-5H3. The van der Waals surface area contributed by atoms with Crippen LogP contribution in [0, 0.1) is 10.8 Å². The molecule has 0 nitrogen and oxygen atoms in total. The zero-order valence-corrected chi connectivity index (χ0v) is 15.9. The molecule has 0 N–H and O–H groups in total. The van der Waals surface area contributed by atoms with E-state index in [1.54, 1.807) is 0 Å². The lowest BCUT2D eigenvalue weighted by atomic mass is 9.58. The summed E-state index contributed by atoms with van der Waals surface area (Å²) in [5, 5.41) is 0.302. The fourth-order valence-electron chi connectivity index (χ4n) is 3.53. The van der Waals surface area contributed by atoms with Crippen LogP contribution in [-0.4, -0.2) is 17.5 Å². The van der Waals surface area contributed by atoms with Crippen molar-refractivity contribution in [1.29, 1.82) is 0 Å². The molecule has 0 aromatic rings. The highest BCUT2D eigenvalue weighted by Crippen LogP contribution is 2.58. The summed E-state index contributed by atoms with van der Waals surface area (Å²) in [6, 6.07) is 0. The molecule has 0 saturated heterocycles. The largest absolute Gasteiger partial charge is 0.137 e. The monoisotopic (exact) mass is 294 g/mol. The third kappa shape index (κ3) is 2.91. The van der Waals surface area contributed by atoms with Crippen LogP contribution in [0.4, 0.5) is 0 Å². The van der Waals surface area contributed by atoms with Gasteiger partial charge in [0.15, 0.2) is 0 Å². The SMILES string of the molecule is CCC(CC)(CP)C(C)(P)C(CC)(CC)CP. The average Bonchev–Trinajstić information content (AvgIpc) is 2.34. The lowest BCUT2D eigenvalue weighted by Crippen LogP contribution is -2.54. The van der Waals surface area contributed by atoms with Crippen LogP contribution in [0.15, 0.2) is 0 Å². The third-order valence-corrected chi connectivity index (χ3v) is 8.48. The van der Waals surface area contributed by atoms with E-state index in [0.717, 1.165) is 0 Å². The van der Waals surface area contributed by atoms with Gasteiger partial charge in [0.25, 0.3) is 0 Å². The quantitative estimate of drug-likeness (QED) is 0.554. The van der Waals surface area contributed by atoms with E-state index >= 15 is 0 Å². The molecule has 0 aliphatic carbocycles. The predicted molar refractivity (Wildman–Crippen MR) is 93.3 cm³/mol. The number of rotatable bonds is 8. The van der Waals surface area contributed by atoms with Gasteiger partial charge in [-0.2, -0.15) is 0 Å². The van der Waals surface area contributed by atoms with Gasteiger partial charge in [0.05, 0.1) is 0 Å². The van der Waals surface area contributed by atoms with Crippen molar-refractivity contribution >= 4 is 27.7 Å². The molecule has 0 amide bonds. The third-order valence-electron chi connectivity index (χ3n) is 5.69. The second-order valence-corrected chi connectivity index (χ2v) is 7.56. The van der Waals surface area contributed by atoms with Crippen molar-refractivity contribution in [3.8, 4) is 0 Å². The molecule has 0 spiro atoms. The number of hydrogen-bond acceptors (Lipinski definition) is 0. The van der Waals surface area contributed by atoms with Crippen LogP contribution in [0.2, 0.25) is 0 Å². The predicted octanol–water partition coefficient (Wildman–Crippen LogP) is 4.98. The molecule has 0 heterocycles. The fraction of sp³-hybridized carbons (Fsp3) is 1.00. The zero-order chi connectivity index (χ0) is 13.7. The van der Waals surface area contributed by atoms with Gasteiger partial charge in [0, 0.05) is 0 Å². The van der Waals surface area contributed by atoms with Gasteiger partial charge >= 0.3 is 0 Å². The molecule has 0 radical (unpaired) electrons. The highest BCUT2D eigenvalue weighted by Gasteiger charge is 2.52. The normalized spacial score (nSPS) is 14.1. The number of hydrogen-bond donors (Lipinski definition) is 0. The van der Waals surface area contributed by atoms with Gasteiger partial charge in [0.2, 0.25) is 0 Å². The van der Waals surface area contributed by atoms with Crippen LogP contribution in [-0.2, 0) is 0 Å². The molecule has 0 saturated carbocycles. The van der Waals surface area contributed by atoms with E-state index in [1.807, 2.05) is 0 Å². The second-order valence-electron chi connectivity index (χ2n) is 5.59. The van der Waals surface area contributed by atoms with E-state index in [4.69, 9.17) is 0 Å². The summed E-state index contributed by atoms with van der Waals surface area (Å²) in [5.74, 6) is 0. The molecule has 0 rings (SSSR count). The van der Waals surface area contributed by atoms with E-state index in [9.17, 15) is 0 Å². The van der Waals surface area contributed by atoms with Crippen LogP contribution in [0.1, 0.15) is 60.3 Å². The Balaban J connectivity index is 5.60. The van der Waals surface area contributed by atoms with Gasteiger partial charge in [-0.25, -0.2) is 0 Å². The van der Waals surface area contributed by atoms with Crippen LogP contribution in [0.3, 0.4) is 0 Å². The molecule has 0 fully saturated rings. The molecule has 0 aliphatic heterocycles. The minimum Gasteiger partial charge on any atom is -0.137 e. The molecule has 104 valence electrons. The second kappa shape index (κ2) is 7.17. The lowest BCUT2D eigenvalue weighted by molar-refractivity contribution is 0.0843. The van der Waals surface area contributed by atoms with Gasteiger partial charge in [-0.05, 0) is 54.0 Å². The maximum atomic E-state index is 3.25. The maximum Gasteiger partial charge on any atom is -0.00600 e. The summed E-state index contributed by atoms with van der Waals surface area (Å²) in [5.41, 5.74) is 0.843. The van der Waals surface area contributed by atoms with Gasteiger partial charge in [-0.1, -0.05) is 34.6 Å². The van der Waals surface area contributed by atoms with Gasteiger partial charge in [0.1, 0.15) is 0 Å². The van der Waals surface area contributed by atoms with E-state index in [2.05, 4.69) is 62.3 Å². The lowest BCUT2D eigenvalue weighted by Gasteiger charge is -2.57. The Morgan fingerprint density at radius 2 is 0.941 bits per heavy atom. The van der Waals surface area contributed by atoms with Crippen molar-refractivity contribution in [3.05, 3.63) is 0 Å². The highest BCUT2D eigenvalue weighted by molar-refractivity contribution is 7.20. The molecule has 0 aromatic carbocycles. The fourth-order valence-corrected chi connectivity index (χ4v) is 7.06. The molecule has 3 atom stereocenters. The van der Waals surface area contributed by atoms with Crippen LogP contribution >= 0.6 is 27.7 Å². The van der Waals surface area contributed by atoms with Crippen molar-refractivity contribution in [2.75, 3.05) is 12.3 Å². The van der Waals surface area contributed by atoms with E-state index in [0.29, 0.717) is 16.0 Å². The smallest absolute Gasteiger partial charge is 0.00600 e. The summed E-state index contributed by atoms with van der Waals surface area (Å²) in [4.78, 5) is 0. The van der Waals surface area contributed by atoms with Crippen molar-refractivity contribution in [2.24, 2.45) is 10.8 Å². The molecule has 0 bridgehead atoms. The Bertz CT molecular complexity index is 177. The van der Waals surface area contributed by atoms with Crippen molar-refractivity contribution in [3.63, 3.8) is 0 Å². The Hall–Kier alpha value is 1.29. The highest BCUT2D eigenvalue weighted by atomic mass is 31.0. The molecule has 0 aromatic heterocycles. The Kier molecular flexibility index (Phi) is 7.72. The summed E-state index contributed by atoms with van der Waals surface area (Å²) >= 11 is 0. The van der Waals surface area contributed by atoms with Crippen LogP contribution in [0.25, 0.3) is 0 Å². The van der Waals surface area contributed by atoms with Crippen molar-refractivity contribution in [1.82, 2.24) is 0 Å². The zero-order valence-electron chi connectivity index (χ0n) is 12.5. The first kappa shape index (κ1) is 18.3. The van der Waals surface area contributed by atoms with E-state index in [-0.39, 0.29) is 0 Å². The minimum absolute atomic E-state index is 0.302. The Morgan fingerprint density at radius 3 is 1.06 bits per heavy atom. The molecule has 3 heteroatoms.